The summed E-state index contributed by atoms with van der Waals surface area (Å²) in [6.07, 6.45) is -1.41. The number of hydrogen-bond donors (Lipinski definition) is 0. The summed E-state index contributed by atoms with van der Waals surface area (Å²) in [5.41, 5.74) is -0.701. The van der Waals surface area contributed by atoms with E-state index in [1.54, 1.807) is 0 Å². The van der Waals surface area contributed by atoms with E-state index >= 15 is 0 Å². The standard InChI is InChI=1S/C19H21F4NO/c1-12(2)8-13(3)11-25-18-5-4-14(9-16(18)19(21,22)23)15-6-7-24-10-17(15)20/h4-7,9-10,12-13H,8,11H2,1-3H3/t13-/m0/s1. The van der Waals surface area contributed by atoms with Crippen molar-refractivity contribution in [3.63, 3.8) is 0 Å². The predicted octanol–water partition coefficient (Wildman–Crippen LogP) is 5.97. The first kappa shape index (κ1) is 19.2. The van der Waals surface area contributed by atoms with Crippen molar-refractivity contribution >= 4 is 0 Å². The van der Waals surface area contributed by atoms with Crippen LogP contribution in [0.2, 0.25) is 0 Å². The Morgan fingerprint density at radius 2 is 1.84 bits per heavy atom. The zero-order valence-electron chi connectivity index (χ0n) is 14.4. The number of aromatic nitrogens is 1. The summed E-state index contributed by atoms with van der Waals surface area (Å²) in [6, 6.07) is 4.94. The molecule has 0 saturated carbocycles. The van der Waals surface area contributed by atoms with Crippen LogP contribution in [0.1, 0.15) is 32.8 Å². The van der Waals surface area contributed by atoms with Gasteiger partial charge in [0, 0.05) is 11.8 Å². The molecule has 1 aromatic carbocycles. The zero-order chi connectivity index (χ0) is 18.6. The second-order valence-corrected chi connectivity index (χ2v) is 6.61. The van der Waals surface area contributed by atoms with Crippen molar-refractivity contribution in [3.05, 3.63) is 48.0 Å². The van der Waals surface area contributed by atoms with Crippen LogP contribution in [0.4, 0.5) is 17.6 Å². The second kappa shape index (κ2) is 7.85. The van der Waals surface area contributed by atoms with Gasteiger partial charge in [0.15, 0.2) is 0 Å². The number of rotatable bonds is 6. The summed E-state index contributed by atoms with van der Waals surface area (Å²) in [5, 5.41) is 0. The molecule has 0 fully saturated rings. The van der Waals surface area contributed by atoms with Gasteiger partial charge in [-0.05, 0) is 42.0 Å². The Morgan fingerprint density at radius 1 is 1.12 bits per heavy atom. The van der Waals surface area contributed by atoms with Crippen molar-refractivity contribution in [1.82, 2.24) is 4.98 Å². The van der Waals surface area contributed by atoms with Crippen LogP contribution in [-0.2, 0) is 6.18 Å². The molecular weight excluding hydrogens is 334 g/mol. The van der Waals surface area contributed by atoms with Gasteiger partial charge in [0.1, 0.15) is 11.6 Å². The highest BCUT2D eigenvalue weighted by atomic mass is 19.4. The van der Waals surface area contributed by atoms with E-state index in [-0.39, 0.29) is 29.4 Å². The number of nitrogens with zero attached hydrogens (tertiary/aromatic N) is 1. The molecule has 0 radical (unpaired) electrons. The van der Waals surface area contributed by atoms with E-state index in [1.165, 1.54) is 24.4 Å². The molecule has 0 aliphatic rings. The van der Waals surface area contributed by atoms with Gasteiger partial charge in [0.25, 0.3) is 0 Å². The molecule has 25 heavy (non-hydrogen) atoms. The summed E-state index contributed by atoms with van der Waals surface area (Å²) in [6.45, 7) is 6.24. The Morgan fingerprint density at radius 3 is 2.44 bits per heavy atom. The van der Waals surface area contributed by atoms with E-state index in [0.29, 0.717) is 5.92 Å². The number of halogens is 4. The van der Waals surface area contributed by atoms with Crippen molar-refractivity contribution in [2.45, 2.75) is 33.4 Å². The van der Waals surface area contributed by atoms with Gasteiger partial charge in [-0.3, -0.25) is 4.98 Å². The van der Waals surface area contributed by atoms with Gasteiger partial charge in [-0.1, -0.05) is 26.8 Å². The molecule has 0 aliphatic heterocycles. The van der Waals surface area contributed by atoms with Gasteiger partial charge in [0.2, 0.25) is 0 Å². The molecule has 0 amide bonds. The van der Waals surface area contributed by atoms with Crippen LogP contribution in [0.15, 0.2) is 36.7 Å². The van der Waals surface area contributed by atoms with Gasteiger partial charge in [-0.25, -0.2) is 4.39 Å². The molecule has 2 rings (SSSR count). The largest absolute Gasteiger partial charge is 0.493 e. The lowest BCUT2D eigenvalue weighted by Gasteiger charge is -2.19. The van der Waals surface area contributed by atoms with Crippen LogP contribution < -0.4 is 4.74 Å². The number of ether oxygens (including phenoxy) is 1. The number of benzene rings is 1. The molecule has 0 spiro atoms. The van der Waals surface area contributed by atoms with E-state index < -0.39 is 17.6 Å². The minimum absolute atomic E-state index is 0.0697. The van der Waals surface area contributed by atoms with Gasteiger partial charge >= 0.3 is 6.18 Å². The van der Waals surface area contributed by atoms with E-state index in [4.69, 9.17) is 4.74 Å². The van der Waals surface area contributed by atoms with Crippen LogP contribution in [0.5, 0.6) is 5.75 Å². The summed E-state index contributed by atoms with van der Waals surface area (Å²) in [4.78, 5) is 3.61. The molecule has 2 aromatic rings. The molecule has 1 atom stereocenters. The summed E-state index contributed by atoms with van der Waals surface area (Å²) >= 11 is 0. The van der Waals surface area contributed by atoms with Crippen LogP contribution in [0.3, 0.4) is 0 Å². The maximum Gasteiger partial charge on any atom is 0.419 e. The molecule has 6 heteroatoms. The van der Waals surface area contributed by atoms with E-state index in [9.17, 15) is 17.6 Å². The molecular formula is C19H21F4NO. The average molecular weight is 355 g/mol. The third-order valence-electron chi connectivity index (χ3n) is 3.77. The van der Waals surface area contributed by atoms with Gasteiger partial charge in [-0.15, -0.1) is 0 Å². The topological polar surface area (TPSA) is 22.1 Å². The van der Waals surface area contributed by atoms with Crippen LogP contribution >= 0.6 is 0 Å². The Hall–Kier alpha value is -2.11. The lowest BCUT2D eigenvalue weighted by Crippen LogP contribution is -2.14. The van der Waals surface area contributed by atoms with Gasteiger partial charge < -0.3 is 4.74 Å². The smallest absolute Gasteiger partial charge is 0.419 e. The third kappa shape index (κ3) is 5.18. The monoisotopic (exact) mass is 355 g/mol. The SMILES string of the molecule is CC(C)C[C@H](C)COc1ccc(-c2ccncc2F)cc1C(F)(F)F. The maximum atomic E-state index is 13.8. The Balaban J connectivity index is 2.31. The van der Waals surface area contributed by atoms with E-state index in [1.807, 2.05) is 6.92 Å². The van der Waals surface area contributed by atoms with Crippen molar-refractivity contribution in [2.75, 3.05) is 6.61 Å². The first-order valence-electron chi connectivity index (χ1n) is 8.12. The summed E-state index contributed by atoms with van der Waals surface area (Å²) in [7, 11) is 0. The van der Waals surface area contributed by atoms with Crippen molar-refractivity contribution < 1.29 is 22.3 Å². The highest BCUT2D eigenvalue weighted by Crippen LogP contribution is 2.39. The first-order chi connectivity index (χ1) is 11.7. The van der Waals surface area contributed by atoms with E-state index in [2.05, 4.69) is 18.8 Å². The lowest BCUT2D eigenvalue weighted by atomic mass is 9.99. The normalized spacial score (nSPS) is 13.1. The Labute approximate surface area is 144 Å². The molecule has 1 aromatic heterocycles. The zero-order valence-corrected chi connectivity index (χ0v) is 14.4. The highest BCUT2D eigenvalue weighted by molar-refractivity contribution is 5.66. The lowest BCUT2D eigenvalue weighted by molar-refractivity contribution is -0.139. The number of alkyl halides is 3. The first-order valence-corrected chi connectivity index (χ1v) is 8.12. The molecule has 0 saturated heterocycles. The molecule has 1 heterocycles. The Bertz CT molecular complexity index is 713. The summed E-state index contributed by atoms with van der Waals surface area (Å²) in [5.74, 6) is -0.327. The van der Waals surface area contributed by atoms with Crippen LogP contribution in [-0.4, -0.2) is 11.6 Å². The molecule has 136 valence electrons. The van der Waals surface area contributed by atoms with Crippen molar-refractivity contribution in [1.29, 1.82) is 0 Å². The quantitative estimate of drug-likeness (QED) is 0.596. The fourth-order valence-corrected chi connectivity index (χ4v) is 2.76. The molecule has 2 nitrogen and oxygen atoms in total. The predicted molar refractivity (Wildman–Crippen MR) is 88.7 cm³/mol. The fraction of sp³-hybridized carbons (Fsp3) is 0.421. The Kier molecular flexibility index (Phi) is 6.03. The minimum atomic E-state index is -4.59. The molecule has 0 bridgehead atoms. The number of pyridine rings is 1. The van der Waals surface area contributed by atoms with Crippen LogP contribution in [0.25, 0.3) is 11.1 Å². The van der Waals surface area contributed by atoms with Crippen molar-refractivity contribution in [2.24, 2.45) is 11.8 Å². The van der Waals surface area contributed by atoms with Gasteiger partial charge in [-0.2, -0.15) is 13.2 Å². The minimum Gasteiger partial charge on any atom is -0.493 e. The summed E-state index contributed by atoms with van der Waals surface area (Å²) < 4.78 is 59.4. The highest BCUT2D eigenvalue weighted by Gasteiger charge is 2.35. The number of hydrogen-bond acceptors (Lipinski definition) is 2. The van der Waals surface area contributed by atoms with Gasteiger partial charge in [0.05, 0.1) is 18.4 Å². The van der Waals surface area contributed by atoms with Crippen molar-refractivity contribution in [3.8, 4) is 16.9 Å². The van der Waals surface area contributed by atoms with E-state index in [0.717, 1.165) is 18.7 Å². The third-order valence-corrected chi connectivity index (χ3v) is 3.77. The molecule has 0 unspecified atom stereocenters. The second-order valence-electron chi connectivity index (χ2n) is 6.61. The van der Waals surface area contributed by atoms with Crippen LogP contribution in [0, 0.1) is 17.7 Å². The fourth-order valence-electron chi connectivity index (χ4n) is 2.76. The maximum absolute atomic E-state index is 13.8. The molecule has 0 aliphatic carbocycles. The molecule has 0 N–H and O–H groups in total. The average Bonchev–Trinajstić information content (AvgIpc) is 2.52.